The number of hydrogen-bond acceptors (Lipinski definition) is 2. The van der Waals surface area contributed by atoms with Crippen LogP contribution < -0.4 is 0 Å². The van der Waals surface area contributed by atoms with Crippen LogP contribution in [0, 0.1) is 0 Å². The first-order chi connectivity index (χ1) is 3.91. The number of hydrogen-bond donors (Lipinski definition) is 0. The van der Waals surface area contributed by atoms with Crippen LogP contribution in [0.25, 0.3) is 0 Å². The molecule has 0 N–H and O–H groups in total. The van der Waals surface area contributed by atoms with Crippen LogP contribution in [0.5, 0.6) is 0 Å². The predicted molar refractivity (Wildman–Crippen MR) is 31.9 cm³/mol. The molecule has 0 bridgehead atoms. The van der Waals surface area contributed by atoms with Crippen LogP contribution in [-0.2, 0) is 9.36 Å². The Morgan fingerprint density at radius 2 is 2.25 bits per heavy atom. The molecule has 8 heavy (non-hydrogen) atoms. The third-order valence-electron chi connectivity index (χ3n) is 0.934. The summed E-state index contributed by atoms with van der Waals surface area (Å²) in [6.45, 7) is 2.69. The molecule has 0 spiro atoms. The summed E-state index contributed by atoms with van der Waals surface area (Å²) in [5.74, 6) is 0. The van der Waals surface area contributed by atoms with Gasteiger partial charge in [-0.05, 0) is 0 Å². The predicted octanol–water partition coefficient (Wildman–Crippen LogP) is 1.16. The van der Waals surface area contributed by atoms with Gasteiger partial charge in [0, 0.05) is 0 Å². The van der Waals surface area contributed by atoms with Crippen LogP contribution in [0.3, 0.4) is 0 Å². The second-order valence-corrected chi connectivity index (χ2v) is 1.67. The minimum absolute atomic E-state index is 0.496. The zero-order chi connectivity index (χ0) is 6.24. The van der Waals surface area contributed by atoms with Crippen LogP contribution in [-0.4, -0.2) is 14.0 Å². The molecule has 0 amide bonds. The number of rotatable bonds is 5. The van der Waals surface area contributed by atoms with Crippen molar-refractivity contribution in [2.24, 2.45) is 0 Å². The summed E-state index contributed by atoms with van der Waals surface area (Å²) in [6, 6.07) is 0. The number of unbranched alkanes of at least 4 members (excludes halogenated alkanes) is 2. The van der Waals surface area contributed by atoms with E-state index in [1.165, 1.54) is 6.42 Å². The van der Waals surface area contributed by atoms with Crippen LogP contribution in [0.2, 0.25) is 0 Å². The van der Waals surface area contributed by atoms with Gasteiger partial charge >= 0.3 is 49.5 Å². The molecule has 2 nitrogen and oxygen atoms in total. The molecule has 46 valence electrons. The van der Waals surface area contributed by atoms with E-state index in [2.05, 4.69) is 11.6 Å². The molecular weight excluding hydrogens is 103 g/mol. The Hall–Kier alpha value is -0.335. The summed E-state index contributed by atoms with van der Waals surface area (Å²) in [6.07, 6.45) is 3.31. The van der Waals surface area contributed by atoms with Gasteiger partial charge in [-0.1, -0.05) is 0 Å². The van der Waals surface area contributed by atoms with Crippen molar-refractivity contribution in [2.75, 3.05) is 6.61 Å². The second kappa shape index (κ2) is 6.66. The molecule has 0 unspecified atom stereocenters. The summed E-state index contributed by atoms with van der Waals surface area (Å²) >= 11 is 0. The van der Waals surface area contributed by atoms with Gasteiger partial charge in [0.1, 0.15) is 0 Å². The third-order valence-corrected chi connectivity index (χ3v) is 0.934. The molecule has 0 aromatic carbocycles. The second-order valence-electron chi connectivity index (χ2n) is 1.67. The molecule has 0 rings (SSSR count). The van der Waals surface area contributed by atoms with Gasteiger partial charge in [0.25, 0.3) is 0 Å². The Bertz CT molecular complexity index is 56.4. The quantitative estimate of drug-likeness (QED) is 0.396. The fourth-order valence-electron chi connectivity index (χ4n) is 0.484. The minimum atomic E-state index is 0.496. The van der Waals surface area contributed by atoms with Crippen molar-refractivity contribution in [3.05, 3.63) is 0 Å². The van der Waals surface area contributed by atoms with E-state index in [4.69, 9.17) is 0 Å². The molecular formula is C5H11BO2. The van der Waals surface area contributed by atoms with Gasteiger partial charge in [0.2, 0.25) is 0 Å². The zero-order valence-electron chi connectivity index (χ0n) is 5.22. The van der Waals surface area contributed by atoms with Gasteiger partial charge in [-0.2, -0.15) is 0 Å². The Morgan fingerprint density at radius 1 is 1.50 bits per heavy atom. The third kappa shape index (κ3) is 5.66. The van der Waals surface area contributed by atoms with E-state index in [9.17, 15) is 4.70 Å². The van der Waals surface area contributed by atoms with E-state index in [-0.39, 0.29) is 0 Å². The van der Waals surface area contributed by atoms with Crippen molar-refractivity contribution in [3.8, 4) is 0 Å². The summed E-state index contributed by atoms with van der Waals surface area (Å²) in [5, 5.41) is 0. The molecule has 3 heteroatoms. The van der Waals surface area contributed by atoms with E-state index in [0.717, 1.165) is 12.8 Å². The molecule has 0 aliphatic rings. The van der Waals surface area contributed by atoms with Gasteiger partial charge in [0.05, 0.1) is 0 Å². The Labute approximate surface area is 50.5 Å². The molecule has 0 atom stereocenters. The summed E-state index contributed by atoms with van der Waals surface area (Å²) < 4.78 is 14.0. The first-order valence-electron chi connectivity index (χ1n) is 2.97. The first-order valence-corrected chi connectivity index (χ1v) is 2.97. The Kier molecular flexibility index (Phi) is 6.39. The Morgan fingerprint density at radius 3 is 2.75 bits per heavy atom. The van der Waals surface area contributed by atoms with Gasteiger partial charge in [-0.25, -0.2) is 0 Å². The molecule has 0 aromatic heterocycles. The van der Waals surface area contributed by atoms with Gasteiger partial charge in [-0.3, -0.25) is 0 Å². The van der Waals surface area contributed by atoms with Crippen molar-refractivity contribution in [1.29, 1.82) is 0 Å². The fourth-order valence-corrected chi connectivity index (χ4v) is 0.484. The average molecular weight is 114 g/mol. The molecule has 0 aromatic rings. The topological polar surface area (TPSA) is 26.3 Å². The molecule has 0 radical (unpaired) electrons. The SMILES string of the molecule is CCCCCOB=O. The first kappa shape index (κ1) is 7.66. The molecule has 0 heterocycles. The van der Waals surface area contributed by atoms with Crippen molar-refractivity contribution in [3.63, 3.8) is 0 Å². The van der Waals surface area contributed by atoms with Crippen LogP contribution in [0.4, 0.5) is 0 Å². The van der Waals surface area contributed by atoms with E-state index >= 15 is 0 Å². The summed E-state index contributed by atoms with van der Waals surface area (Å²) in [4.78, 5) is 0. The summed E-state index contributed by atoms with van der Waals surface area (Å²) in [7, 11) is 0.496. The summed E-state index contributed by atoms with van der Waals surface area (Å²) in [5.41, 5.74) is 0. The van der Waals surface area contributed by atoms with E-state index in [1.807, 2.05) is 0 Å². The van der Waals surface area contributed by atoms with Crippen LogP contribution in [0.1, 0.15) is 26.2 Å². The standard InChI is InChI=1S/C5H11BO2/c1-2-3-4-5-8-6-7/h2-5H2,1H3. The molecule has 0 aliphatic carbocycles. The maximum atomic E-state index is 9.55. The molecule has 0 fully saturated rings. The van der Waals surface area contributed by atoms with E-state index in [1.54, 1.807) is 0 Å². The van der Waals surface area contributed by atoms with Gasteiger partial charge in [0.15, 0.2) is 0 Å². The maximum absolute atomic E-state index is 9.55. The van der Waals surface area contributed by atoms with Gasteiger partial charge in [-0.15, -0.1) is 0 Å². The van der Waals surface area contributed by atoms with E-state index in [0.29, 0.717) is 14.0 Å². The average Bonchev–Trinajstić information content (AvgIpc) is 1.81. The monoisotopic (exact) mass is 114 g/mol. The zero-order valence-corrected chi connectivity index (χ0v) is 5.22. The van der Waals surface area contributed by atoms with Crippen LogP contribution in [0.15, 0.2) is 0 Å². The molecule has 0 aliphatic heterocycles. The molecule has 0 saturated heterocycles. The van der Waals surface area contributed by atoms with Crippen molar-refractivity contribution < 1.29 is 9.36 Å². The Balaban J connectivity index is 2.62. The van der Waals surface area contributed by atoms with E-state index < -0.39 is 0 Å². The van der Waals surface area contributed by atoms with Crippen molar-refractivity contribution in [1.82, 2.24) is 0 Å². The normalized spacial score (nSPS) is 8.12. The fraction of sp³-hybridized carbons (Fsp3) is 1.00. The van der Waals surface area contributed by atoms with Crippen LogP contribution >= 0.6 is 0 Å². The molecule has 0 saturated carbocycles. The van der Waals surface area contributed by atoms with Crippen molar-refractivity contribution >= 4 is 7.35 Å². The van der Waals surface area contributed by atoms with Gasteiger partial charge < -0.3 is 0 Å². The van der Waals surface area contributed by atoms with Crippen molar-refractivity contribution in [2.45, 2.75) is 26.2 Å².